The minimum absolute atomic E-state index is 0. The maximum absolute atomic E-state index is 11.7. The summed E-state index contributed by atoms with van der Waals surface area (Å²) in [5.74, 6) is 1.40. The molecule has 0 saturated carbocycles. The van der Waals surface area contributed by atoms with Crippen LogP contribution < -0.4 is 16.0 Å². The highest BCUT2D eigenvalue weighted by Crippen LogP contribution is 2.07. The maximum atomic E-state index is 11.7. The van der Waals surface area contributed by atoms with Crippen LogP contribution in [0.5, 0.6) is 0 Å². The average molecular weight is 519 g/mol. The average Bonchev–Trinajstić information content (AvgIpc) is 3.31. The number of guanidine groups is 1. The van der Waals surface area contributed by atoms with Gasteiger partial charge in [0.1, 0.15) is 0 Å². The van der Waals surface area contributed by atoms with E-state index in [1.54, 1.807) is 31.2 Å². The summed E-state index contributed by atoms with van der Waals surface area (Å²) in [5.41, 5.74) is 2.83. The molecule has 0 unspecified atom stereocenters. The van der Waals surface area contributed by atoms with Crippen LogP contribution >= 0.6 is 24.0 Å². The van der Waals surface area contributed by atoms with Crippen LogP contribution in [0.25, 0.3) is 5.82 Å². The summed E-state index contributed by atoms with van der Waals surface area (Å²) in [6.45, 7) is 1.31. The van der Waals surface area contributed by atoms with Crippen molar-refractivity contribution in [2.24, 2.45) is 4.99 Å². The standard InChI is InChI=1S/C21H25N7O.HI/c1-22-20(29)18-6-3-5-16(13-18)7-11-25-21(23-2)26-15-17-8-10-24-19(14-17)28-12-4-9-27-28;/h3-6,8-10,12-14H,7,11,15H2,1-2H3,(H,22,29)(H2,23,25,26);1H. The third-order valence-corrected chi connectivity index (χ3v) is 4.35. The molecule has 0 saturated heterocycles. The number of nitrogens with one attached hydrogen (secondary N) is 3. The summed E-state index contributed by atoms with van der Waals surface area (Å²) in [4.78, 5) is 20.3. The van der Waals surface area contributed by atoms with E-state index >= 15 is 0 Å². The van der Waals surface area contributed by atoms with Gasteiger partial charge in [0.2, 0.25) is 0 Å². The van der Waals surface area contributed by atoms with E-state index in [1.807, 2.05) is 48.7 Å². The zero-order valence-electron chi connectivity index (χ0n) is 17.0. The Morgan fingerprint density at radius 3 is 2.70 bits per heavy atom. The molecular weight excluding hydrogens is 493 g/mol. The summed E-state index contributed by atoms with van der Waals surface area (Å²) in [7, 11) is 3.37. The van der Waals surface area contributed by atoms with Gasteiger partial charge in [0.25, 0.3) is 5.91 Å². The largest absolute Gasteiger partial charge is 0.356 e. The van der Waals surface area contributed by atoms with Crippen LogP contribution in [0.4, 0.5) is 0 Å². The highest BCUT2D eigenvalue weighted by molar-refractivity contribution is 14.0. The summed E-state index contributed by atoms with van der Waals surface area (Å²) >= 11 is 0. The van der Waals surface area contributed by atoms with Crippen LogP contribution in [0.15, 0.2) is 66.0 Å². The second kappa shape index (κ2) is 11.9. The lowest BCUT2D eigenvalue weighted by atomic mass is 10.1. The fraction of sp³-hybridized carbons (Fsp3) is 0.238. The number of carbonyl (C=O) groups excluding carboxylic acids is 1. The number of aromatic nitrogens is 3. The third-order valence-electron chi connectivity index (χ3n) is 4.35. The lowest BCUT2D eigenvalue weighted by Gasteiger charge is -2.13. The summed E-state index contributed by atoms with van der Waals surface area (Å²) in [5, 5.41) is 13.4. The van der Waals surface area contributed by atoms with Crippen molar-refractivity contribution in [1.82, 2.24) is 30.7 Å². The van der Waals surface area contributed by atoms with Crippen molar-refractivity contribution in [1.29, 1.82) is 0 Å². The SMILES string of the molecule is CN=C(NCCc1cccc(C(=O)NC)c1)NCc1ccnc(-n2cccn2)c1.I. The fourth-order valence-electron chi connectivity index (χ4n) is 2.84. The van der Waals surface area contributed by atoms with E-state index in [0.717, 1.165) is 23.4 Å². The minimum atomic E-state index is -0.0795. The number of hydrogen-bond acceptors (Lipinski definition) is 4. The van der Waals surface area contributed by atoms with Gasteiger partial charge in [-0.05, 0) is 47.9 Å². The van der Waals surface area contributed by atoms with Crippen molar-refractivity contribution in [3.63, 3.8) is 0 Å². The molecule has 9 heteroatoms. The van der Waals surface area contributed by atoms with Crippen LogP contribution in [0, 0.1) is 0 Å². The molecule has 1 aromatic carbocycles. The Balaban J connectivity index is 0.00000320. The van der Waals surface area contributed by atoms with Crippen LogP contribution in [-0.4, -0.2) is 47.3 Å². The minimum Gasteiger partial charge on any atom is -0.356 e. The molecule has 3 aromatic rings. The van der Waals surface area contributed by atoms with E-state index < -0.39 is 0 Å². The zero-order valence-corrected chi connectivity index (χ0v) is 19.3. The van der Waals surface area contributed by atoms with Gasteiger partial charge in [0, 0.05) is 51.3 Å². The Hall–Kier alpha value is -2.95. The maximum Gasteiger partial charge on any atom is 0.251 e. The van der Waals surface area contributed by atoms with E-state index in [-0.39, 0.29) is 29.9 Å². The van der Waals surface area contributed by atoms with Crippen molar-refractivity contribution in [2.45, 2.75) is 13.0 Å². The molecular formula is C21H26IN7O. The Labute approximate surface area is 193 Å². The number of hydrogen-bond donors (Lipinski definition) is 3. The topological polar surface area (TPSA) is 96.2 Å². The van der Waals surface area contributed by atoms with Gasteiger partial charge >= 0.3 is 0 Å². The van der Waals surface area contributed by atoms with Gasteiger partial charge < -0.3 is 16.0 Å². The Bertz CT molecular complexity index is 973. The van der Waals surface area contributed by atoms with Gasteiger partial charge in [-0.1, -0.05) is 12.1 Å². The monoisotopic (exact) mass is 519 g/mol. The van der Waals surface area contributed by atoms with E-state index in [1.165, 1.54) is 0 Å². The molecule has 0 aliphatic carbocycles. The lowest BCUT2D eigenvalue weighted by molar-refractivity contribution is 0.0963. The quantitative estimate of drug-likeness (QED) is 0.253. The first kappa shape index (κ1) is 23.3. The van der Waals surface area contributed by atoms with Crippen molar-refractivity contribution in [3.05, 3.63) is 77.7 Å². The molecule has 30 heavy (non-hydrogen) atoms. The van der Waals surface area contributed by atoms with Gasteiger partial charge in [0.15, 0.2) is 11.8 Å². The van der Waals surface area contributed by atoms with Crippen LogP contribution in [0.3, 0.4) is 0 Å². The van der Waals surface area contributed by atoms with E-state index in [4.69, 9.17) is 0 Å². The first-order valence-corrected chi connectivity index (χ1v) is 9.40. The number of amides is 1. The fourth-order valence-corrected chi connectivity index (χ4v) is 2.84. The molecule has 0 radical (unpaired) electrons. The van der Waals surface area contributed by atoms with Gasteiger partial charge in [-0.15, -0.1) is 24.0 Å². The number of pyridine rings is 1. The smallest absolute Gasteiger partial charge is 0.251 e. The Morgan fingerprint density at radius 1 is 1.10 bits per heavy atom. The summed E-state index contributed by atoms with van der Waals surface area (Å²) in [6.07, 6.45) is 6.13. The van der Waals surface area contributed by atoms with Crippen molar-refractivity contribution in [2.75, 3.05) is 20.6 Å². The molecule has 0 bridgehead atoms. The van der Waals surface area contributed by atoms with E-state index in [0.29, 0.717) is 24.6 Å². The first-order chi connectivity index (χ1) is 14.2. The van der Waals surface area contributed by atoms with Crippen molar-refractivity contribution >= 4 is 35.8 Å². The molecule has 1 amide bonds. The van der Waals surface area contributed by atoms with Crippen molar-refractivity contribution < 1.29 is 4.79 Å². The molecule has 2 heterocycles. The number of carbonyl (C=O) groups is 1. The number of rotatable bonds is 7. The van der Waals surface area contributed by atoms with Gasteiger partial charge in [-0.3, -0.25) is 9.79 Å². The lowest BCUT2D eigenvalue weighted by Crippen LogP contribution is -2.37. The van der Waals surface area contributed by atoms with Gasteiger partial charge in [-0.25, -0.2) is 9.67 Å². The normalized spacial score (nSPS) is 10.8. The summed E-state index contributed by atoms with van der Waals surface area (Å²) < 4.78 is 1.73. The predicted octanol–water partition coefficient (Wildman–Crippen LogP) is 2.15. The van der Waals surface area contributed by atoms with Crippen molar-refractivity contribution in [3.8, 4) is 5.82 Å². The molecule has 0 aliphatic rings. The molecule has 3 rings (SSSR count). The molecule has 2 aromatic heterocycles. The highest BCUT2D eigenvalue weighted by Gasteiger charge is 2.05. The molecule has 3 N–H and O–H groups in total. The number of nitrogens with zero attached hydrogens (tertiary/aromatic N) is 4. The second-order valence-electron chi connectivity index (χ2n) is 6.35. The van der Waals surface area contributed by atoms with Gasteiger partial charge in [-0.2, -0.15) is 5.10 Å². The molecule has 0 spiro atoms. The molecule has 0 fully saturated rings. The Morgan fingerprint density at radius 2 is 1.97 bits per heavy atom. The molecule has 0 aliphatic heterocycles. The number of halogens is 1. The first-order valence-electron chi connectivity index (χ1n) is 9.40. The number of benzene rings is 1. The summed E-state index contributed by atoms with van der Waals surface area (Å²) in [6, 6.07) is 13.4. The van der Waals surface area contributed by atoms with E-state index in [2.05, 4.69) is 31.0 Å². The molecule has 158 valence electrons. The van der Waals surface area contributed by atoms with Crippen LogP contribution in [0.2, 0.25) is 0 Å². The third kappa shape index (κ3) is 6.55. The second-order valence-corrected chi connectivity index (χ2v) is 6.35. The van der Waals surface area contributed by atoms with Gasteiger partial charge in [0.05, 0.1) is 0 Å². The van der Waals surface area contributed by atoms with Crippen LogP contribution in [-0.2, 0) is 13.0 Å². The molecule has 8 nitrogen and oxygen atoms in total. The Kier molecular flexibility index (Phi) is 9.26. The zero-order chi connectivity index (χ0) is 20.5. The molecule has 0 atom stereocenters. The van der Waals surface area contributed by atoms with Crippen LogP contribution in [0.1, 0.15) is 21.5 Å². The predicted molar refractivity (Wildman–Crippen MR) is 129 cm³/mol. The van der Waals surface area contributed by atoms with E-state index in [9.17, 15) is 4.79 Å². The number of aliphatic imine (C=N–C) groups is 1. The highest BCUT2D eigenvalue weighted by atomic mass is 127.